The first-order valence-electron chi connectivity index (χ1n) is 8.86. The zero-order chi connectivity index (χ0) is 19.3. The summed E-state index contributed by atoms with van der Waals surface area (Å²) in [7, 11) is -0.467. The molecule has 1 aliphatic heterocycles. The molecule has 1 aromatic rings. The van der Waals surface area contributed by atoms with Gasteiger partial charge in [0.1, 0.15) is 12.4 Å². The molecule has 1 saturated heterocycles. The second kappa shape index (κ2) is 8.83. The molecule has 7 nitrogen and oxygen atoms in total. The molecule has 2 rings (SSSR count). The lowest BCUT2D eigenvalue weighted by atomic mass is 9.99. The van der Waals surface area contributed by atoms with Crippen LogP contribution >= 0.6 is 0 Å². The topological polar surface area (TPSA) is 79.0 Å². The molecule has 146 valence electrons. The van der Waals surface area contributed by atoms with Gasteiger partial charge in [-0.3, -0.25) is 4.79 Å². The summed E-state index contributed by atoms with van der Waals surface area (Å²) in [6.07, 6.45) is 1.38. The highest BCUT2D eigenvalue weighted by molar-refractivity contribution is 7.86. The number of amides is 1. The molecule has 0 aromatic heterocycles. The zero-order valence-electron chi connectivity index (χ0n) is 16.0. The van der Waals surface area contributed by atoms with Crippen molar-refractivity contribution in [2.75, 3.05) is 40.3 Å². The highest BCUT2D eigenvalue weighted by atomic mass is 32.2. The van der Waals surface area contributed by atoms with Crippen LogP contribution in [0.15, 0.2) is 18.2 Å². The van der Waals surface area contributed by atoms with Gasteiger partial charge < -0.3 is 10.1 Å². The SMILES string of the molecule is Cc1cc(C)cc(OCCNC(=O)[C@H]2CCCN(S(=O)(=O)N(C)C)C2)c1. The van der Waals surface area contributed by atoms with E-state index in [9.17, 15) is 13.2 Å². The minimum absolute atomic E-state index is 0.118. The van der Waals surface area contributed by atoms with Crippen LogP contribution in [0.1, 0.15) is 24.0 Å². The predicted octanol–water partition coefficient (Wildman–Crippen LogP) is 1.32. The normalized spacial score (nSPS) is 18.7. The Morgan fingerprint density at radius 3 is 2.54 bits per heavy atom. The van der Waals surface area contributed by atoms with Crippen LogP contribution in [0.4, 0.5) is 0 Å². The van der Waals surface area contributed by atoms with E-state index >= 15 is 0 Å². The van der Waals surface area contributed by atoms with E-state index in [-0.39, 0.29) is 18.4 Å². The average molecular weight is 384 g/mol. The molecule has 0 unspecified atom stereocenters. The van der Waals surface area contributed by atoms with E-state index in [0.717, 1.165) is 16.9 Å². The number of carbonyl (C=O) groups is 1. The van der Waals surface area contributed by atoms with Crippen LogP contribution in [-0.4, -0.2) is 63.3 Å². The van der Waals surface area contributed by atoms with Gasteiger partial charge in [-0.05, 0) is 49.9 Å². The molecular weight excluding hydrogens is 354 g/mol. The third kappa shape index (κ3) is 5.43. The minimum Gasteiger partial charge on any atom is -0.492 e. The van der Waals surface area contributed by atoms with E-state index in [1.54, 1.807) is 0 Å². The van der Waals surface area contributed by atoms with Gasteiger partial charge in [0.25, 0.3) is 10.2 Å². The van der Waals surface area contributed by atoms with Crippen molar-refractivity contribution in [3.63, 3.8) is 0 Å². The number of benzene rings is 1. The van der Waals surface area contributed by atoms with E-state index in [1.165, 1.54) is 22.7 Å². The van der Waals surface area contributed by atoms with Crippen LogP contribution in [0.3, 0.4) is 0 Å². The molecule has 1 fully saturated rings. The maximum absolute atomic E-state index is 12.4. The largest absolute Gasteiger partial charge is 0.492 e. The summed E-state index contributed by atoms with van der Waals surface area (Å²) in [4.78, 5) is 12.4. The van der Waals surface area contributed by atoms with Crippen molar-refractivity contribution in [1.29, 1.82) is 0 Å². The molecule has 0 saturated carbocycles. The van der Waals surface area contributed by atoms with E-state index < -0.39 is 10.2 Å². The van der Waals surface area contributed by atoms with Crippen molar-refractivity contribution >= 4 is 16.1 Å². The van der Waals surface area contributed by atoms with Gasteiger partial charge in [-0.15, -0.1) is 0 Å². The van der Waals surface area contributed by atoms with Crippen molar-refractivity contribution in [3.8, 4) is 5.75 Å². The van der Waals surface area contributed by atoms with Crippen LogP contribution in [0.2, 0.25) is 0 Å². The quantitative estimate of drug-likeness (QED) is 0.720. The molecule has 1 aromatic carbocycles. The molecule has 1 aliphatic rings. The molecule has 0 aliphatic carbocycles. The summed E-state index contributed by atoms with van der Waals surface area (Å²) in [5.41, 5.74) is 2.27. The summed E-state index contributed by atoms with van der Waals surface area (Å²) in [5.74, 6) is 0.352. The van der Waals surface area contributed by atoms with E-state index in [0.29, 0.717) is 32.5 Å². The first kappa shape index (κ1) is 20.7. The fourth-order valence-corrected chi connectivity index (χ4v) is 4.29. The fourth-order valence-electron chi connectivity index (χ4n) is 3.10. The molecule has 0 radical (unpaired) electrons. The molecule has 0 bridgehead atoms. The van der Waals surface area contributed by atoms with Crippen LogP contribution in [0, 0.1) is 19.8 Å². The standard InChI is InChI=1S/C18H29N3O4S/c1-14-10-15(2)12-17(11-14)25-9-7-19-18(22)16-6-5-8-21(13-16)26(23,24)20(3)4/h10-12,16H,5-9,13H2,1-4H3,(H,19,22)/t16-/m0/s1. The van der Waals surface area contributed by atoms with Gasteiger partial charge in [-0.25, -0.2) is 0 Å². The highest BCUT2D eigenvalue weighted by Crippen LogP contribution is 2.20. The van der Waals surface area contributed by atoms with Crippen molar-refractivity contribution in [2.24, 2.45) is 5.92 Å². The smallest absolute Gasteiger partial charge is 0.281 e. The van der Waals surface area contributed by atoms with Crippen molar-refractivity contribution in [2.45, 2.75) is 26.7 Å². The maximum atomic E-state index is 12.4. The Labute approximate surface area is 156 Å². The maximum Gasteiger partial charge on any atom is 0.281 e. The number of nitrogens with one attached hydrogen (secondary N) is 1. The fraction of sp³-hybridized carbons (Fsp3) is 0.611. The summed E-state index contributed by atoms with van der Waals surface area (Å²) in [6, 6.07) is 5.99. The van der Waals surface area contributed by atoms with E-state index in [2.05, 4.69) is 11.4 Å². The van der Waals surface area contributed by atoms with Gasteiger partial charge in [0, 0.05) is 27.2 Å². The lowest BCUT2D eigenvalue weighted by molar-refractivity contribution is -0.126. The highest BCUT2D eigenvalue weighted by Gasteiger charge is 2.33. The first-order chi connectivity index (χ1) is 12.2. The molecule has 0 spiro atoms. The number of carbonyl (C=O) groups excluding carboxylic acids is 1. The number of aryl methyl sites for hydroxylation is 2. The molecular formula is C18H29N3O4S. The van der Waals surface area contributed by atoms with E-state index in [4.69, 9.17) is 4.74 Å². The van der Waals surface area contributed by atoms with Crippen molar-refractivity contribution in [3.05, 3.63) is 29.3 Å². The first-order valence-corrected chi connectivity index (χ1v) is 10.3. The van der Waals surface area contributed by atoms with Gasteiger partial charge in [0.15, 0.2) is 0 Å². The monoisotopic (exact) mass is 383 g/mol. The van der Waals surface area contributed by atoms with Crippen LogP contribution in [0.25, 0.3) is 0 Å². The van der Waals surface area contributed by atoms with Crippen LogP contribution in [-0.2, 0) is 15.0 Å². The van der Waals surface area contributed by atoms with Gasteiger partial charge >= 0.3 is 0 Å². The number of ether oxygens (including phenoxy) is 1. The number of nitrogens with zero attached hydrogens (tertiary/aromatic N) is 2. The van der Waals surface area contributed by atoms with Crippen LogP contribution in [0.5, 0.6) is 5.75 Å². The lowest BCUT2D eigenvalue weighted by Gasteiger charge is -2.32. The molecule has 26 heavy (non-hydrogen) atoms. The summed E-state index contributed by atoms with van der Waals surface area (Å²) in [6.45, 7) is 5.48. The van der Waals surface area contributed by atoms with Crippen molar-refractivity contribution in [1.82, 2.24) is 13.9 Å². The number of hydrogen-bond donors (Lipinski definition) is 1. The Balaban J connectivity index is 1.80. The zero-order valence-corrected chi connectivity index (χ0v) is 16.8. The lowest BCUT2D eigenvalue weighted by Crippen LogP contribution is -2.49. The predicted molar refractivity (Wildman–Crippen MR) is 101 cm³/mol. The van der Waals surface area contributed by atoms with Gasteiger partial charge in [-0.1, -0.05) is 6.07 Å². The second-order valence-electron chi connectivity index (χ2n) is 6.95. The van der Waals surface area contributed by atoms with Gasteiger partial charge in [0.05, 0.1) is 12.5 Å². The number of rotatable bonds is 7. The third-order valence-electron chi connectivity index (χ3n) is 4.41. The minimum atomic E-state index is -3.47. The van der Waals surface area contributed by atoms with Crippen LogP contribution < -0.4 is 10.1 Å². The number of hydrogen-bond acceptors (Lipinski definition) is 4. The molecule has 1 N–H and O–H groups in total. The molecule has 1 heterocycles. The molecule has 1 atom stereocenters. The Hall–Kier alpha value is -1.64. The Morgan fingerprint density at radius 2 is 1.92 bits per heavy atom. The average Bonchev–Trinajstić information content (AvgIpc) is 2.57. The Bertz CT molecular complexity index is 714. The Kier molecular flexibility index (Phi) is 7.02. The van der Waals surface area contributed by atoms with Gasteiger partial charge in [0.2, 0.25) is 5.91 Å². The second-order valence-corrected chi connectivity index (χ2v) is 9.09. The summed E-state index contributed by atoms with van der Waals surface area (Å²) < 4.78 is 32.7. The molecule has 8 heteroatoms. The van der Waals surface area contributed by atoms with E-state index in [1.807, 2.05) is 26.0 Å². The third-order valence-corrected chi connectivity index (χ3v) is 6.31. The van der Waals surface area contributed by atoms with Gasteiger partial charge in [-0.2, -0.15) is 17.0 Å². The van der Waals surface area contributed by atoms with Crippen molar-refractivity contribution < 1.29 is 17.9 Å². The summed E-state index contributed by atoms with van der Waals surface area (Å²) in [5, 5.41) is 2.85. The Morgan fingerprint density at radius 1 is 1.27 bits per heavy atom. The summed E-state index contributed by atoms with van der Waals surface area (Å²) >= 11 is 0. The number of piperidine rings is 1. The molecule has 1 amide bonds.